The summed E-state index contributed by atoms with van der Waals surface area (Å²) < 4.78 is 28.9. The van der Waals surface area contributed by atoms with Crippen molar-refractivity contribution in [2.24, 2.45) is 0 Å². The normalized spacial score (nSPS) is 12.2. The third-order valence-corrected chi connectivity index (χ3v) is 6.10. The summed E-state index contributed by atoms with van der Waals surface area (Å²) in [6.45, 7) is 2.14. The number of benzene rings is 3. The van der Waals surface area contributed by atoms with E-state index in [1.54, 1.807) is 42.5 Å². The van der Waals surface area contributed by atoms with Crippen LogP contribution in [0.4, 0.5) is 0 Å². The van der Waals surface area contributed by atoms with Gasteiger partial charge in [-0.1, -0.05) is 48.0 Å². The number of carbonyl (C=O) groups excluding carboxylic acids is 1. The molecule has 1 unspecified atom stereocenters. The number of halogens is 1. The van der Waals surface area contributed by atoms with Gasteiger partial charge < -0.3 is 10.1 Å². The summed E-state index contributed by atoms with van der Waals surface area (Å²) in [7, 11) is -3.25. The Kier molecular flexibility index (Phi) is 6.80. The molecule has 0 aliphatic carbocycles. The molecule has 0 radical (unpaired) electrons. The van der Waals surface area contributed by atoms with E-state index in [4.69, 9.17) is 16.3 Å². The molecule has 3 aromatic carbocycles. The second-order valence-corrected chi connectivity index (χ2v) is 9.37. The fraction of sp³-hybridized carbons (Fsp3) is 0.174. The molecule has 3 aromatic rings. The van der Waals surface area contributed by atoms with Crippen LogP contribution in [0.3, 0.4) is 0 Å². The van der Waals surface area contributed by atoms with Crippen LogP contribution in [0.25, 0.3) is 0 Å². The molecule has 0 spiro atoms. The van der Waals surface area contributed by atoms with Crippen LogP contribution < -0.4 is 10.1 Å². The van der Waals surface area contributed by atoms with Crippen molar-refractivity contribution in [3.05, 3.63) is 94.5 Å². The van der Waals surface area contributed by atoms with Crippen molar-refractivity contribution in [2.45, 2.75) is 24.5 Å². The average molecular weight is 444 g/mol. The Morgan fingerprint density at radius 1 is 1.03 bits per heavy atom. The lowest BCUT2D eigenvalue weighted by atomic mass is 10.1. The van der Waals surface area contributed by atoms with Gasteiger partial charge in [0.1, 0.15) is 12.4 Å². The van der Waals surface area contributed by atoms with Crippen molar-refractivity contribution in [1.29, 1.82) is 0 Å². The highest BCUT2D eigenvalue weighted by atomic mass is 35.5. The molecule has 0 aliphatic heterocycles. The van der Waals surface area contributed by atoms with Crippen molar-refractivity contribution in [3.8, 4) is 5.75 Å². The highest BCUT2D eigenvalue weighted by molar-refractivity contribution is 7.90. The Labute approximate surface area is 181 Å². The van der Waals surface area contributed by atoms with Gasteiger partial charge in [0, 0.05) is 22.4 Å². The Hall–Kier alpha value is -2.83. The predicted octanol–water partition coefficient (Wildman–Crippen LogP) is 4.81. The summed E-state index contributed by atoms with van der Waals surface area (Å²) in [6.07, 6.45) is 1.16. The summed E-state index contributed by atoms with van der Waals surface area (Å²) >= 11 is 6.14. The van der Waals surface area contributed by atoms with Crippen molar-refractivity contribution in [1.82, 2.24) is 5.32 Å². The maximum atomic E-state index is 12.7. The van der Waals surface area contributed by atoms with E-state index in [9.17, 15) is 13.2 Å². The first-order valence-corrected chi connectivity index (χ1v) is 11.6. The van der Waals surface area contributed by atoms with E-state index >= 15 is 0 Å². The van der Waals surface area contributed by atoms with Gasteiger partial charge in [0.05, 0.1) is 10.9 Å². The van der Waals surface area contributed by atoms with Gasteiger partial charge in [-0.05, 0) is 48.9 Å². The third-order valence-electron chi connectivity index (χ3n) is 4.60. The molecule has 156 valence electrons. The van der Waals surface area contributed by atoms with Gasteiger partial charge in [-0.3, -0.25) is 4.79 Å². The van der Waals surface area contributed by atoms with Crippen LogP contribution in [0, 0.1) is 0 Å². The number of ether oxygens (including phenoxy) is 1. The molecule has 7 heteroatoms. The monoisotopic (exact) mass is 443 g/mol. The van der Waals surface area contributed by atoms with Crippen molar-refractivity contribution in [2.75, 3.05) is 6.26 Å². The number of hydrogen-bond donors (Lipinski definition) is 1. The minimum Gasteiger partial charge on any atom is -0.489 e. The summed E-state index contributed by atoms with van der Waals surface area (Å²) in [6, 6.07) is 20.5. The van der Waals surface area contributed by atoms with Gasteiger partial charge in [-0.15, -0.1) is 0 Å². The number of sulfone groups is 1. The topological polar surface area (TPSA) is 72.5 Å². The molecule has 1 N–H and O–H groups in total. The number of hydrogen-bond acceptors (Lipinski definition) is 4. The molecule has 0 saturated heterocycles. The van der Waals surface area contributed by atoms with Gasteiger partial charge in [-0.2, -0.15) is 0 Å². The molecule has 1 amide bonds. The van der Waals surface area contributed by atoms with Crippen LogP contribution in [-0.4, -0.2) is 20.6 Å². The number of nitrogens with one attached hydrogen (secondary N) is 1. The van der Waals surface area contributed by atoms with Crippen molar-refractivity contribution >= 4 is 27.3 Å². The predicted molar refractivity (Wildman–Crippen MR) is 118 cm³/mol. The SMILES string of the molecule is CC(NC(=O)c1cccc(OCc2ccccc2Cl)c1)c1ccc(S(C)(=O)=O)cc1. The maximum Gasteiger partial charge on any atom is 0.251 e. The van der Waals surface area contributed by atoms with Crippen molar-refractivity contribution < 1.29 is 17.9 Å². The Morgan fingerprint density at radius 2 is 1.73 bits per heavy atom. The highest BCUT2D eigenvalue weighted by Gasteiger charge is 2.14. The molecule has 0 heterocycles. The Bertz CT molecular complexity index is 1140. The van der Waals surface area contributed by atoms with Crippen molar-refractivity contribution in [3.63, 3.8) is 0 Å². The lowest BCUT2D eigenvalue weighted by molar-refractivity contribution is 0.0939. The van der Waals surface area contributed by atoms with Crippen LogP contribution in [0.15, 0.2) is 77.7 Å². The first-order chi connectivity index (χ1) is 14.2. The molecular formula is C23H22ClNO4S. The maximum absolute atomic E-state index is 12.7. The van der Waals surface area contributed by atoms with Crippen LogP contribution >= 0.6 is 11.6 Å². The minimum atomic E-state index is -3.25. The second-order valence-electron chi connectivity index (χ2n) is 6.94. The van der Waals surface area contributed by atoms with E-state index in [-0.39, 0.29) is 16.8 Å². The van der Waals surface area contributed by atoms with E-state index in [1.807, 2.05) is 25.1 Å². The average Bonchev–Trinajstić information content (AvgIpc) is 2.73. The number of rotatable bonds is 7. The standard InChI is InChI=1S/C23H22ClNO4S/c1-16(17-10-12-21(13-11-17)30(2,27)28)25-23(26)18-7-5-8-20(14-18)29-15-19-6-3-4-9-22(19)24/h3-14,16H,15H2,1-2H3,(H,25,26). The fourth-order valence-electron chi connectivity index (χ4n) is 2.87. The minimum absolute atomic E-state index is 0.244. The molecule has 0 aliphatic rings. The summed E-state index contributed by atoms with van der Waals surface area (Å²) in [5.74, 6) is 0.311. The van der Waals surface area contributed by atoms with Gasteiger partial charge in [0.2, 0.25) is 0 Å². The van der Waals surface area contributed by atoms with Gasteiger partial charge >= 0.3 is 0 Å². The molecule has 30 heavy (non-hydrogen) atoms. The van der Waals surface area contributed by atoms with Crippen LogP contribution in [0.2, 0.25) is 5.02 Å². The number of amides is 1. The molecule has 1 atom stereocenters. The first kappa shape index (κ1) is 21.9. The molecule has 5 nitrogen and oxygen atoms in total. The van der Waals surface area contributed by atoms with E-state index in [2.05, 4.69) is 5.32 Å². The summed E-state index contributed by atoms with van der Waals surface area (Å²) in [4.78, 5) is 12.9. The molecule has 0 bridgehead atoms. The van der Waals surface area contributed by atoms with Crippen LogP contribution in [0.5, 0.6) is 5.75 Å². The Morgan fingerprint density at radius 3 is 2.40 bits per heavy atom. The van der Waals surface area contributed by atoms with E-state index in [0.29, 0.717) is 22.9 Å². The summed E-state index contributed by atoms with van der Waals surface area (Å²) in [5.41, 5.74) is 2.13. The number of carbonyl (C=O) groups is 1. The zero-order chi connectivity index (χ0) is 21.7. The zero-order valence-electron chi connectivity index (χ0n) is 16.6. The largest absolute Gasteiger partial charge is 0.489 e. The zero-order valence-corrected chi connectivity index (χ0v) is 18.2. The molecule has 0 fully saturated rings. The van der Waals surface area contributed by atoms with Gasteiger partial charge in [0.15, 0.2) is 9.84 Å². The third kappa shape index (κ3) is 5.62. The van der Waals surface area contributed by atoms with E-state index in [1.165, 1.54) is 12.1 Å². The van der Waals surface area contributed by atoms with Crippen LogP contribution in [-0.2, 0) is 16.4 Å². The lowest BCUT2D eigenvalue weighted by Crippen LogP contribution is -2.26. The highest BCUT2D eigenvalue weighted by Crippen LogP contribution is 2.21. The fourth-order valence-corrected chi connectivity index (χ4v) is 3.69. The quantitative estimate of drug-likeness (QED) is 0.568. The molecular weight excluding hydrogens is 422 g/mol. The second kappa shape index (κ2) is 9.32. The first-order valence-electron chi connectivity index (χ1n) is 9.31. The van der Waals surface area contributed by atoms with Crippen LogP contribution in [0.1, 0.15) is 34.5 Å². The van der Waals surface area contributed by atoms with Gasteiger partial charge in [-0.25, -0.2) is 8.42 Å². The lowest BCUT2D eigenvalue weighted by Gasteiger charge is -2.15. The van der Waals surface area contributed by atoms with E-state index in [0.717, 1.165) is 17.4 Å². The molecule has 0 aromatic heterocycles. The Balaban J connectivity index is 1.65. The van der Waals surface area contributed by atoms with E-state index < -0.39 is 9.84 Å². The summed E-state index contributed by atoms with van der Waals surface area (Å²) in [5, 5.41) is 3.54. The molecule has 0 saturated carbocycles. The molecule has 3 rings (SSSR count). The van der Waals surface area contributed by atoms with Gasteiger partial charge in [0.25, 0.3) is 5.91 Å². The smallest absolute Gasteiger partial charge is 0.251 e.